The first-order chi connectivity index (χ1) is 10.6. The lowest BCUT2D eigenvalue weighted by Crippen LogP contribution is -2.21. The van der Waals surface area contributed by atoms with Crippen LogP contribution < -0.4 is 20.1 Å². The van der Waals surface area contributed by atoms with E-state index in [-0.39, 0.29) is 19.2 Å². The summed E-state index contributed by atoms with van der Waals surface area (Å²) in [7, 11) is 0. The summed E-state index contributed by atoms with van der Waals surface area (Å²) in [6.07, 6.45) is 0. The van der Waals surface area contributed by atoms with Crippen LogP contribution in [0.1, 0.15) is 0 Å². The second-order valence-electron chi connectivity index (χ2n) is 4.60. The van der Waals surface area contributed by atoms with Crippen LogP contribution in [0.4, 0.5) is 11.4 Å². The van der Waals surface area contributed by atoms with Crippen molar-refractivity contribution in [1.82, 2.24) is 0 Å². The molecule has 22 heavy (non-hydrogen) atoms. The summed E-state index contributed by atoms with van der Waals surface area (Å²) in [6, 6.07) is 10.3. The zero-order valence-corrected chi connectivity index (χ0v) is 12.9. The lowest BCUT2D eigenvalue weighted by molar-refractivity contribution is -0.114. The van der Waals surface area contributed by atoms with Crippen LogP contribution >= 0.6 is 23.2 Å². The van der Waals surface area contributed by atoms with E-state index >= 15 is 0 Å². The summed E-state index contributed by atoms with van der Waals surface area (Å²) in [6.45, 7) is 0.330. The van der Waals surface area contributed by atoms with Crippen molar-refractivity contribution < 1.29 is 14.3 Å². The summed E-state index contributed by atoms with van der Waals surface area (Å²) in [5.41, 5.74) is 1.36. The molecule has 1 amide bonds. The molecular formula is C15H12Cl2N2O3. The molecule has 1 heterocycles. The van der Waals surface area contributed by atoms with Crippen molar-refractivity contribution in [2.24, 2.45) is 0 Å². The van der Waals surface area contributed by atoms with E-state index in [0.717, 1.165) is 5.69 Å². The minimum Gasteiger partial charge on any atom is -0.454 e. The second kappa shape index (κ2) is 6.34. The molecule has 114 valence electrons. The molecule has 0 spiro atoms. The van der Waals surface area contributed by atoms with Crippen molar-refractivity contribution in [3.8, 4) is 11.5 Å². The highest BCUT2D eigenvalue weighted by Crippen LogP contribution is 2.34. The number of carbonyl (C=O) groups excluding carboxylic acids is 1. The summed E-state index contributed by atoms with van der Waals surface area (Å²) < 4.78 is 10.5. The van der Waals surface area contributed by atoms with Crippen LogP contribution in [0.2, 0.25) is 10.0 Å². The summed E-state index contributed by atoms with van der Waals surface area (Å²) in [4.78, 5) is 11.9. The van der Waals surface area contributed by atoms with Gasteiger partial charge in [0.15, 0.2) is 11.5 Å². The average molecular weight is 339 g/mol. The van der Waals surface area contributed by atoms with E-state index in [1.807, 2.05) is 6.07 Å². The maximum absolute atomic E-state index is 11.9. The van der Waals surface area contributed by atoms with Gasteiger partial charge in [0.25, 0.3) is 0 Å². The SMILES string of the molecule is O=C(CNc1ccc2c(c1)OCO2)Nc1ccc(Cl)c(Cl)c1. The number of rotatable bonds is 4. The first-order valence-corrected chi connectivity index (χ1v) is 7.26. The average Bonchev–Trinajstić information content (AvgIpc) is 2.96. The molecule has 3 rings (SSSR count). The Morgan fingerprint density at radius 3 is 2.59 bits per heavy atom. The molecule has 0 aromatic heterocycles. The highest BCUT2D eigenvalue weighted by molar-refractivity contribution is 6.42. The number of carbonyl (C=O) groups is 1. The molecule has 0 saturated carbocycles. The molecule has 0 atom stereocenters. The molecule has 2 aromatic rings. The van der Waals surface area contributed by atoms with Gasteiger partial charge in [-0.25, -0.2) is 0 Å². The highest BCUT2D eigenvalue weighted by Gasteiger charge is 2.13. The largest absolute Gasteiger partial charge is 0.454 e. The van der Waals surface area contributed by atoms with E-state index in [1.54, 1.807) is 30.3 Å². The molecular weight excluding hydrogens is 327 g/mol. The normalized spacial score (nSPS) is 12.1. The molecule has 0 bridgehead atoms. The quantitative estimate of drug-likeness (QED) is 0.890. The summed E-state index contributed by atoms with van der Waals surface area (Å²) in [5.74, 6) is 1.16. The Morgan fingerprint density at radius 1 is 1.00 bits per heavy atom. The Labute approximate surface area is 137 Å². The molecule has 2 N–H and O–H groups in total. The van der Waals surface area contributed by atoms with Crippen molar-refractivity contribution in [2.45, 2.75) is 0 Å². The van der Waals surface area contributed by atoms with Gasteiger partial charge < -0.3 is 20.1 Å². The second-order valence-corrected chi connectivity index (χ2v) is 5.41. The third-order valence-electron chi connectivity index (χ3n) is 3.03. The van der Waals surface area contributed by atoms with Crippen molar-refractivity contribution in [3.63, 3.8) is 0 Å². The van der Waals surface area contributed by atoms with Gasteiger partial charge in [-0.1, -0.05) is 23.2 Å². The Hall–Kier alpha value is -2.11. The molecule has 1 aliphatic rings. The van der Waals surface area contributed by atoms with Gasteiger partial charge in [0.1, 0.15) is 0 Å². The Morgan fingerprint density at radius 2 is 1.77 bits per heavy atom. The number of hydrogen-bond donors (Lipinski definition) is 2. The zero-order valence-electron chi connectivity index (χ0n) is 11.4. The first kappa shape index (κ1) is 14.8. The molecule has 1 aliphatic heterocycles. The smallest absolute Gasteiger partial charge is 0.243 e. The lowest BCUT2D eigenvalue weighted by atomic mass is 10.2. The number of fused-ring (bicyclic) bond motifs is 1. The van der Waals surface area contributed by atoms with Crippen LogP contribution in [-0.2, 0) is 4.79 Å². The van der Waals surface area contributed by atoms with E-state index < -0.39 is 0 Å². The van der Waals surface area contributed by atoms with Crippen molar-refractivity contribution >= 4 is 40.5 Å². The summed E-state index contributed by atoms with van der Waals surface area (Å²) >= 11 is 11.7. The minimum atomic E-state index is -0.198. The number of hydrogen-bond acceptors (Lipinski definition) is 4. The van der Waals surface area contributed by atoms with Crippen LogP contribution in [0, 0.1) is 0 Å². The number of benzene rings is 2. The van der Waals surface area contributed by atoms with E-state index in [2.05, 4.69) is 10.6 Å². The maximum Gasteiger partial charge on any atom is 0.243 e. The zero-order chi connectivity index (χ0) is 15.5. The molecule has 0 fully saturated rings. The van der Waals surface area contributed by atoms with Crippen LogP contribution in [0.25, 0.3) is 0 Å². The van der Waals surface area contributed by atoms with Crippen LogP contribution in [-0.4, -0.2) is 19.2 Å². The van der Waals surface area contributed by atoms with Gasteiger partial charge >= 0.3 is 0 Å². The molecule has 7 heteroatoms. The van der Waals surface area contributed by atoms with Gasteiger partial charge in [-0.2, -0.15) is 0 Å². The van der Waals surface area contributed by atoms with Gasteiger partial charge in [0.05, 0.1) is 16.6 Å². The Balaban J connectivity index is 1.57. The number of nitrogens with one attached hydrogen (secondary N) is 2. The van der Waals surface area contributed by atoms with E-state index in [0.29, 0.717) is 27.2 Å². The molecule has 0 saturated heterocycles. The number of anilines is 2. The minimum absolute atomic E-state index is 0.111. The lowest BCUT2D eigenvalue weighted by Gasteiger charge is -2.09. The van der Waals surface area contributed by atoms with Crippen LogP contribution in [0.15, 0.2) is 36.4 Å². The predicted molar refractivity (Wildman–Crippen MR) is 86.1 cm³/mol. The predicted octanol–water partition coefficient (Wildman–Crippen LogP) is 3.77. The first-order valence-electron chi connectivity index (χ1n) is 6.50. The highest BCUT2D eigenvalue weighted by atomic mass is 35.5. The fourth-order valence-corrected chi connectivity index (χ4v) is 2.27. The van der Waals surface area contributed by atoms with Gasteiger partial charge in [0.2, 0.25) is 12.7 Å². The number of ether oxygens (including phenoxy) is 2. The third-order valence-corrected chi connectivity index (χ3v) is 3.77. The van der Waals surface area contributed by atoms with Crippen molar-refractivity contribution in [2.75, 3.05) is 24.0 Å². The molecule has 0 aliphatic carbocycles. The Kier molecular flexibility index (Phi) is 4.27. The number of halogens is 2. The monoisotopic (exact) mass is 338 g/mol. The summed E-state index contributed by atoms with van der Waals surface area (Å²) in [5, 5.41) is 6.58. The van der Waals surface area contributed by atoms with Gasteiger partial charge in [-0.05, 0) is 30.3 Å². The maximum atomic E-state index is 11.9. The van der Waals surface area contributed by atoms with Crippen LogP contribution in [0.3, 0.4) is 0 Å². The fraction of sp³-hybridized carbons (Fsp3) is 0.133. The Bertz CT molecular complexity index is 722. The van der Waals surface area contributed by atoms with Gasteiger partial charge in [-0.15, -0.1) is 0 Å². The van der Waals surface area contributed by atoms with Crippen LogP contribution in [0.5, 0.6) is 11.5 Å². The standard InChI is InChI=1S/C15H12Cl2N2O3/c16-11-3-1-10(5-12(11)17)19-15(20)7-18-9-2-4-13-14(6-9)22-8-21-13/h1-6,18H,7-8H2,(H,19,20). The topological polar surface area (TPSA) is 59.6 Å². The van der Waals surface area contributed by atoms with Crippen molar-refractivity contribution in [1.29, 1.82) is 0 Å². The van der Waals surface area contributed by atoms with E-state index in [1.165, 1.54) is 0 Å². The molecule has 2 aromatic carbocycles. The molecule has 5 nitrogen and oxygen atoms in total. The van der Waals surface area contributed by atoms with Gasteiger partial charge in [-0.3, -0.25) is 4.79 Å². The van der Waals surface area contributed by atoms with Crippen molar-refractivity contribution in [3.05, 3.63) is 46.4 Å². The molecule has 0 radical (unpaired) electrons. The van der Waals surface area contributed by atoms with Gasteiger partial charge in [0, 0.05) is 17.4 Å². The van der Waals surface area contributed by atoms with E-state index in [9.17, 15) is 4.79 Å². The molecule has 0 unspecified atom stereocenters. The van der Waals surface area contributed by atoms with E-state index in [4.69, 9.17) is 32.7 Å². The number of amides is 1. The fourth-order valence-electron chi connectivity index (χ4n) is 1.97. The third kappa shape index (κ3) is 3.37.